The minimum absolute atomic E-state index is 0.358. The average Bonchev–Trinajstić information content (AvgIpc) is 2.73. The summed E-state index contributed by atoms with van der Waals surface area (Å²) in [6.45, 7) is 2.93. The molecule has 0 aliphatic rings. The zero-order valence-electron chi connectivity index (χ0n) is 15.8. The molecule has 0 unspecified atom stereocenters. The standard InChI is InChI=1S/C22H23ClN4O/c1-2-3-7-14-28-19-12-10-17(11-13-19)16-24-27-21-15-20(23)25-22(26-21)18-8-5-4-6-9-18/h4-6,8-13,15-16H,2-3,7,14H2,1H3,(H,25,26,27)/b24-16-. The topological polar surface area (TPSA) is 59.4 Å². The molecule has 0 spiro atoms. The first-order chi connectivity index (χ1) is 13.7. The average molecular weight is 395 g/mol. The first-order valence-corrected chi connectivity index (χ1v) is 9.74. The summed E-state index contributed by atoms with van der Waals surface area (Å²) < 4.78 is 5.71. The molecule has 0 fully saturated rings. The number of hydrogen-bond acceptors (Lipinski definition) is 5. The Hall–Kier alpha value is -2.92. The van der Waals surface area contributed by atoms with E-state index in [2.05, 4.69) is 27.4 Å². The summed E-state index contributed by atoms with van der Waals surface area (Å²) in [5.74, 6) is 1.96. The van der Waals surface area contributed by atoms with Gasteiger partial charge in [-0.3, -0.25) is 5.43 Å². The summed E-state index contributed by atoms with van der Waals surface area (Å²) >= 11 is 6.12. The van der Waals surface area contributed by atoms with E-state index in [9.17, 15) is 0 Å². The van der Waals surface area contributed by atoms with E-state index in [0.29, 0.717) is 16.8 Å². The molecule has 0 amide bonds. The van der Waals surface area contributed by atoms with Gasteiger partial charge in [0, 0.05) is 11.6 Å². The van der Waals surface area contributed by atoms with Crippen molar-refractivity contribution in [2.45, 2.75) is 26.2 Å². The highest BCUT2D eigenvalue weighted by Crippen LogP contribution is 2.20. The SMILES string of the molecule is CCCCCOc1ccc(/C=N\Nc2cc(Cl)nc(-c3ccccc3)n2)cc1. The van der Waals surface area contributed by atoms with Crippen molar-refractivity contribution in [1.82, 2.24) is 9.97 Å². The smallest absolute Gasteiger partial charge is 0.163 e. The van der Waals surface area contributed by atoms with E-state index >= 15 is 0 Å². The van der Waals surface area contributed by atoms with Crippen molar-refractivity contribution in [2.75, 3.05) is 12.0 Å². The Bertz CT molecular complexity index is 898. The maximum Gasteiger partial charge on any atom is 0.163 e. The van der Waals surface area contributed by atoms with Crippen LogP contribution in [0.4, 0.5) is 5.82 Å². The van der Waals surface area contributed by atoms with E-state index in [-0.39, 0.29) is 0 Å². The molecule has 3 rings (SSSR count). The Morgan fingerprint density at radius 2 is 1.82 bits per heavy atom. The van der Waals surface area contributed by atoms with Gasteiger partial charge in [0.15, 0.2) is 11.6 Å². The number of benzene rings is 2. The van der Waals surface area contributed by atoms with Gasteiger partial charge in [0.05, 0.1) is 12.8 Å². The first kappa shape index (κ1) is 19.8. The lowest BCUT2D eigenvalue weighted by Gasteiger charge is -2.06. The molecule has 1 heterocycles. The number of rotatable bonds is 9. The van der Waals surface area contributed by atoms with Crippen LogP contribution in [0.2, 0.25) is 5.15 Å². The van der Waals surface area contributed by atoms with Gasteiger partial charge in [-0.2, -0.15) is 5.10 Å². The fraction of sp³-hybridized carbons (Fsp3) is 0.227. The number of nitrogens with one attached hydrogen (secondary N) is 1. The molecule has 144 valence electrons. The number of hydrogen-bond donors (Lipinski definition) is 1. The van der Waals surface area contributed by atoms with Crippen molar-refractivity contribution in [1.29, 1.82) is 0 Å². The fourth-order valence-corrected chi connectivity index (χ4v) is 2.74. The predicted molar refractivity (Wildman–Crippen MR) is 115 cm³/mol. The zero-order valence-corrected chi connectivity index (χ0v) is 16.6. The quantitative estimate of drug-likeness (QED) is 0.215. The maximum atomic E-state index is 6.12. The summed E-state index contributed by atoms with van der Waals surface area (Å²) in [5, 5.41) is 4.60. The first-order valence-electron chi connectivity index (χ1n) is 9.36. The number of hydrazone groups is 1. The second kappa shape index (κ2) is 10.4. The van der Waals surface area contributed by atoms with Gasteiger partial charge in [0.2, 0.25) is 0 Å². The lowest BCUT2D eigenvalue weighted by molar-refractivity contribution is 0.306. The van der Waals surface area contributed by atoms with Crippen molar-refractivity contribution in [3.63, 3.8) is 0 Å². The number of unbranched alkanes of at least 4 members (excludes halogenated alkanes) is 2. The number of nitrogens with zero attached hydrogens (tertiary/aromatic N) is 3. The third-order valence-corrected chi connectivity index (χ3v) is 4.21. The monoisotopic (exact) mass is 394 g/mol. The van der Waals surface area contributed by atoms with Crippen LogP contribution < -0.4 is 10.2 Å². The Morgan fingerprint density at radius 3 is 2.57 bits per heavy atom. The van der Waals surface area contributed by atoms with Crippen molar-refractivity contribution in [3.8, 4) is 17.1 Å². The molecule has 0 aliphatic carbocycles. The molecule has 1 N–H and O–H groups in total. The second-order valence-corrected chi connectivity index (χ2v) is 6.65. The molecule has 2 aromatic carbocycles. The molecular formula is C22H23ClN4O. The van der Waals surface area contributed by atoms with Crippen LogP contribution in [-0.2, 0) is 0 Å². The minimum atomic E-state index is 0.358. The van der Waals surface area contributed by atoms with Crippen molar-refractivity contribution in [3.05, 3.63) is 71.4 Å². The Morgan fingerprint density at radius 1 is 1.04 bits per heavy atom. The summed E-state index contributed by atoms with van der Waals surface area (Å²) in [6.07, 6.45) is 5.18. The highest BCUT2D eigenvalue weighted by atomic mass is 35.5. The van der Waals surface area contributed by atoms with Gasteiger partial charge >= 0.3 is 0 Å². The summed E-state index contributed by atoms with van der Waals surface area (Å²) in [7, 11) is 0. The molecule has 0 bridgehead atoms. The lowest BCUT2D eigenvalue weighted by atomic mass is 10.2. The fourth-order valence-electron chi connectivity index (χ4n) is 2.56. The normalized spacial score (nSPS) is 10.9. The highest BCUT2D eigenvalue weighted by molar-refractivity contribution is 6.29. The van der Waals surface area contributed by atoms with Crippen LogP contribution in [0.25, 0.3) is 11.4 Å². The van der Waals surface area contributed by atoms with E-state index in [1.54, 1.807) is 12.3 Å². The van der Waals surface area contributed by atoms with E-state index in [0.717, 1.165) is 29.9 Å². The van der Waals surface area contributed by atoms with Gasteiger partial charge in [0.1, 0.15) is 10.9 Å². The molecule has 0 saturated heterocycles. The van der Waals surface area contributed by atoms with Gasteiger partial charge in [-0.15, -0.1) is 0 Å². The van der Waals surface area contributed by atoms with Crippen LogP contribution in [-0.4, -0.2) is 22.8 Å². The van der Waals surface area contributed by atoms with E-state index in [1.807, 2.05) is 54.6 Å². The number of anilines is 1. The van der Waals surface area contributed by atoms with Crippen molar-refractivity contribution in [2.24, 2.45) is 5.10 Å². The minimum Gasteiger partial charge on any atom is -0.494 e. The van der Waals surface area contributed by atoms with E-state index in [4.69, 9.17) is 16.3 Å². The van der Waals surface area contributed by atoms with Crippen LogP contribution in [0, 0.1) is 0 Å². The summed E-state index contributed by atoms with van der Waals surface area (Å²) in [4.78, 5) is 8.72. The van der Waals surface area contributed by atoms with E-state index in [1.165, 1.54) is 12.8 Å². The molecule has 3 aromatic rings. The molecule has 0 radical (unpaired) electrons. The van der Waals surface area contributed by atoms with Gasteiger partial charge < -0.3 is 4.74 Å². The second-order valence-electron chi connectivity index (χ2n) is 6.26. The van der Waals surface area contributed by atoms with E-state index < -0.39 is 0 Å². The van der Waals surface area contributed by atoms with Crippen LogP contribution >= 0.6 is 11.6 Å². The molecule has 0 aliphatic heterocycles. The Labute approximate surface area is 170 Å². The zero-order chi connectivity index (χ0) is 19.6. The molecule has 28 heavy (non-hydrogen) atoms. The third kappa shape index (κ3) is 6.06. The molecular weight excluding hydrogens is 372 g/mol. The molecule has 0 saturated carbocycles. The maximum absolute atomic E-state index is 6.12. The Kier molecular flexibility index (Phi) is 7.38. The van der Waals surface area contributed by atoms with Crippen LogP contribution in [0.1, 0.15) is 31.7 Å². The molecule has 5 nitrogen and oxygen atoms in total. The van der Waals surface area contributed by atoms with Crippen LogP contribution in [0.5, 0.6) is 5.75 Å². The van der Waals surface area contributed by atoms with Crippen LogP contribution in [0.15, 0.2) is 65.8 Å². The molecule has 6 heteroatoms. The number of ether oxygens (including phenoxy) is 1. The lowest BCUT2D eigenvalue weighted by Crippen LogP contribution is -1.98. The van der Waals surface area contributed by atoms with Crippen molar-refractivity contribution < 1.29 is 4.74 Å². The number of aromatic nitrogens is 2. The number of halogens is 1. The summed E-state index contributed by atoms with van der Waals surface area (Å²) in [6, 6.07) is 19.1. The van der Waals surface area contributed by atoms with Gasteiger partial charge in [-0.05, 0) is 36.2 Å². The van der Waals surface area contributed by atoms with Gasteiger partial charge in [-0.1, -0.05) is 61.7 Å². The van der Waals surface area contributed by atoms with Gasteiger partial charge in [-0.25, -0.2) is 9.97 Å². The summed E-state index contributed by atoms with van der Waals surface area (Å²) in [5.41, 5.74) is 4.76. The molecule has 1 aromatic heterocycles. The Balaban J connectivity index is 1.59. The third-order valence-electron chi connectivity index (χ3n) is 4.02. The van der Waals surface area contributed by atoms with Crippen LogP contribution in [0.3, 0.4) is 0 Å². The highest BCUT2D eigenvalue weighted by Gasteiger charge is 2.05. The predicted octanol–water partition coefficient (Wildman–Crippen LogP) is 5.81. The van der Waals surface area contributed by atoms with Crippen molar-refractivity contribution >= 4 is 23.6 Å². The molecule has 0 atom stereocenters. The largest absolute Gasteiger partial charge is 0.494 e. The van der Waals surface area contributed by atoms with Gasteiger partial charge in [0.25, 0.3) is 0 Å².